The van der Waals surface area contributed by atoms with Gasteiger partial charge in [-0.05, 0) is 30.7 Å². The van der Waals surface area contributed by atoms with E-state index in [2.05, 4.69) is 5.32 Å². The van der Waals surface area contributed by atoms with E-state index < -0.39 is 6.04 Å². The van der Waals surface area contributed by atoms with Crippen molar-refractivity contribution in [3.63, 3.8) is 0 Å². The first kappa shape index (κ1) is 14.5. The van der Waals surface area contributed by atoms with Crippen molar-refractivity contribution >= 4 is 17.3 Å². The van der Waals surface area contributed by atoms with Gasteiger partial charge in [-0.15, -0.1) is 0 Å². The van der Waals surface area contributed by atoms with Gasteiger partial charge >= 0.3 is 0 Å². The molecule has 1 amide bonds. The van der Waals surface area contributed by atoms with Gasteiger partial charge in [0, 0.05) is 32.6 Å². The maximum absolute atomic E-state index is 11.7. The molecule has 100 valence electrons. The second-order valence-corrected chi connectivity index (χ2v) is 4.44. The first-order valence-electron chi connectivity index (χ1n) is 5.79. The Morgan fingerprint density at radius 1 is 1.50 bits per heavy atom. The van der Waals surface area contributed by atoms with Crippen LogP contribution in [0.2, 0.25) is 0 Å². The quantitative estimate of drug-likeness (QED) is 0.818. The standard InChI is InChI=1S/C13H21N3O2/c1-9-7-10(16(2)3)5-6-12(9)15-13(17)11(14)8-18-4/h5-7,11H,8,14H2,1-4H3,(H,15,17). The minimum atomic E-state index is -0.650. The normalized spacial score (nSPS) is 12.1. The van der Waals surface area contributed by atoms with Gasteiger partial charge in [-0.25, -0.2) is 0 Å². The van der Waals surface area contributed by atoms with Crippen LogP contribution < -0.4 is 16.0 Å². The smallest absolute Gasteiger partial charge is 0.243 e. The Bertz CT molecular complexity index is 419. The fraction of sp³-hybridized carbons (Fsp3) is 0.462. The number of hydrogen-bond acceptors (Lipinski definition) is 4. The number of methoxy groups -OCH3 is 1. The highest BCUT2D eigenvalue weighted by molar-refractivity contribution is 5.95. The number of nitrogens with one attached hydrogen (secondary N) is 1. The van der Waals surface area contributed by atoms with Crippen LogP contribution in [0.1, 0.15) is 5.56 Å². The fourth-order valence-corrected chi connectivity index (χ4v) is 1.55. The molecule has 0 heterocycles. The highest BCUT2D eigenvalue weighted by atomic mass is 16.5. The number of benzene rings is 1. The summed E-state index contributed by atoms with van der Waals surface area (Å²) >= 11 is 0. The summed E-state index contributed by atoms with van der Waals surface area (Å²) in [6.07, 6.45) is 0. The van der Waals surface area contributed by atoms with E-state index in [-0.39, 0.29) is 12.5 Å². The number of hydrogen-bond donors (Lipinski definition) is 2. The number of rotatable bonds is 5. The fourth-order valence-electron chi connectivity index (χ4n) is 1.55. The second-order valence-electron chi connectivity index (χ2n) is 4.44. The lowest BCUT2D eigenvalue weighted by atomic mass is 10.1. The van der Waals surface area contributed by atoms with E-state index in [1.807, 2.05) is 44.1 Å². The predicted molar refractivity (Wildman–Crippen MR) is 74.0 cm³/mol. The van der Waals surface area contributed by atoms with Crippen LogP contribution in [0.4, 0.5) is 11.4 Å². The van der Waals surface area contributed by atoms with E-state index in [4.69, 9.17) is 10.5 Å². The molecule has 3 N–H and O–H groups in total. The molecule has 0 saturated heterocycles. The molecule has 0 saturated carbocycles. The Kier molecular flexibility index (Phi) is 5.12. The van der Waals surface area contributed by atoms with Crippen LogP contribution >= 0.6 is 0 Å². The molecule has 18 heavy (non-hydrogen) atoms. The second kappa shape index (κ2) is 6.37. The number of anilines is 2. The number of nitrogens with zero attached hydrogens (tertiary/aromatic N) is 1. The van der Waals surface area contributed by atoms with Crippen molar-refractivity contribution in [3.05, 3.63) is 23.8 Å². The Labute approximate surface area is 108 Å². The maximum Gasteiger partial charge on any atom is 0.243 e. The molecule has 0 radical (unpaired) electrons. The highest BCUT2D eigenvalue weighted by Gasteiger charge is 2.14. The van der Waals surface area contributed by atoms with E-state index >= 15 is 0 Å². The maximum atomic E-state index is 11.7. The van der Waals surface area contributed by atoms with Gasteiger partial charge in [-0.3, -0.25) is 4.79 Å². The molecule has 1 rings (SSSR count). The summed E-state index contributed by atoms with van der Waals surface area (Å²) in [7, 11) is 5.47. The third-order valence-corrected chi connectivity index (χ3v) is 2.67. The summed E-state index contributed by atoms with van der Waals surface area (Å²) < 4.78 is 4.85. The molecule has 1 aromatic rings. The molecule has 0 aliphatic carbocycles. The van der Waals surface area contributed by atoms with Crippen molar-refractivity contribution in [2.45, 2.75) is 13.0 Å². The predicted octanol–water partition coefficient (Wildman–Crippen LogP) is 0.973. The Morgan fingerprint density at radius 3 is 2.67 bits per heavy atom. The average Bonchev–Trinajstić information content (AvgIpc) is 2.31. The molecule has 1 atom stereocenters. The van der Waals surface area contributed by atoms with Crippen molar-refractivity contribution in [1.82, 2.24) is 0 Å². The number of ether oxygens (including phenoxy) is 1. The van der Waals surface area contributed by atoms with E-state index in [9.17, 15) is 4.79 Å². The van der Waals surface area contributed by atoms with E-state index in [0.717, 1.165) is 16.9 Å². The number of aryl methyl sites for hydroxylation is 1. The average molecular weight is 251 g/mol. The molecular formula is C13H21N3O2. The zero-order valence-electron chi connectivity index (χ0n) is 11.4. The summed E-state index contributed by atoms with van der Waals surface area (Å²) in [6.45, 7) is 2.16. The number of amides is 1. The molecule has 0 aromatic heterocycles. The largest absolute Gasteiger partial charge is 0.383 e. The van der Waals surface area contributed by atoms with Gasteiger partial charge in [0.2, 0.25) is 5.91 Å². The van der Waals surface area contributed by atoms with Gasteiger partial charge in [0.15, 0.2) is 0 Å². The van der Waals surface area contributed by atoms with Gasteiger partial charge in [0.05, 0.1) is 6.61 Å². The van der Waals surface area contributed by atoms with E-state index in [1.54, 1.807) is 0 Å². The lowest BCUT2D eigenvalue weighted by molar-refractivity contribution is -0.118. The molecule has 0 spiro atoms. The number of carbonyl (C=O) groups excluding carboxylic acids is 1. The van der Waals surface area contributed by atoms with Gasteiger partial charge in [-0.1, -0.05) is 0 Å². The minimum absolute atomic E-state index is 0.209. The SMILES string of the molecule is COCC(N)C(=O)Nc1ccc(N(C)C)cc1C. The van der Waals surface area contributed by atoms with Crippen molar-refractivity contribution in [2.24, 2.45) is 5.73 Å². The summed E-state index contributed by atoms with van der Waals surface area (Å²) in [5, 5.41) is 2.80. The minimum Gasteiger partial charge on any atom is -0.383 e. The third kappa shape index (κ3) is 3.72. The number of nitrogens with two attached hydrogens (primary N) is 1. The molecule has 0 aliphatic rings. The Balaban J connectivity index is 2.76. The number of carbonyl (C=O) groups is 1. The van der Waals surface area contributed by atoms with Crippen LogP contribution in [0.25, 0.3) is 0 Å². The van der Waals surface area contributed by atoms with Gasteiger partial charge in [0.25, 0.3) is 0 Å². The molecule has 0 bridgehead atoms. The van der Waals surface area contributed by atoms with Gasteiger partial charge in [0.1, 0.15) is 6.04 Å². The zero-order valence-corrected chi connectivity index (χ0v) is 11.4. The lowest BCUT2D eigenvalue weighted by Gasteiger charge is -2.16. The van der Waals surface area contributed by atoms with Crippen LogP contribution in [0, 0.1) is 6.92 Å². The first-order chi connectivity index (χ1) is 8.45. The van der Waals surface area contributed by atoms with Crippen LogP contribution in [0.15, 0.2) is 18.2 Å². The Hall–Kier alpha value is -1.59. The molecule has 1 unspecified atom stereocenters. The molecular weight excluding hydrogens is 230 g/mol. The van der Waals surface area contributed by atoms with Crippen LogP contribution in [-0.2, 0) is 9.53 Å². The lowest BCUT2D eigenvalue weighted by Crippen LogP contribution is -2.39. The van der Waals surface area contributed by atoms with Gasteiger partial charge < -0.3 is 20.7 Å². The molecule has 5 nitrogen and oxygen atoms in total. The van der Waals surface area contributed by atoms with Crippen LogP contribution in [0.5, 0.6) is 0 Å². The molecule has 0 aliphatic heterocycles. The summed E-state index contributed by atoms with van der Waals surface area (Å²) in [5.74, 6) is -0.238. The van der Waals surface area contributed by atoms with Crippen LogP contribution in [0.3, 0.4) is 0 Å². The zero-order chi connectivity index (χ0) is 13.7. The molecule has 5 heteroatoms. The summed E-state index contributed by atoms with van der Waals surface area (Å²) in [4.78, 5) is 13.8. The monoisotopic (exact) mass is 251 g/mol. The topological polar surface area (TPSA) is 67.6 Å². The summed E-state index contributed by atoms with van der Waals surface area (Å²) in [5.41, 5.74) is 8.52. The van der Waals surface area contributed by atoms with E-state index in [1.165, 1.54) is 7.11 Å². The third-order valence-electron chi connectivity index (χ3n) is 2.67. The Morgan fingerprint density at radius 2 is 2.17 bits per heavy atom. The molecule has 0 fully saturated rings. The van der Waals surface area contributed by atoms with E-state index in [0.29, 0.717) is 0 Å². The first-order valence-corrected chi connectivity index (χ1v) is 5.79. The van der Waals surface area contributed by atoms with Crippen LogP contribution in [-0.4, -0.2) is 39.8 Å². The van der Waals surface area contributed by atoms with Crippen molar-refractivity contribution in [2.75, 3.05) is 38.0 Å². The van der Waals surface area contributed by atoms with Crippen molar-refractivity contribution in [3.8, 4) is 0 Å². The van der Waals surface area contributed by atoms with Gasteiger partial charge in [-0.2, -0.15) is 0 Å². The molecule has 1 aromatic carbocycles. The van der Waals surface area contributed by atoms with Crippen molar-refractivity contribution in [1.29, 1.82) is 0 Å². The highest BCUT2D eigenvalue weighted by Crippen LogP contribution is 2.21. The van der Waals surface area contributed by atoms with Crippen molar-refractivity contribution < 1.29 is 9.53 Å². The summed E-state index contributed by atoms with van der Waals surface area (Å²) in [6, 6.07) is 5.19.